The number of pyridine rings is 2. The Morgan fingerprint density at radius 3 is 2.48 bits per heavy atom. The Balaban J connectivity index is 1.52. The standard InChI is InChI=1S/C21H16F2N4O2/c22-16-2-1-3-17(23)19(16)14-8-15(11-24-10-14)26-21(29)13-6-7-25-18(9-13)27-20(28)12-4-5-12/h1-3,6-12H,4-5H2,(H,26,29)(H,25,27,28). The van der Waals surface area contributed by atoms with E-state index in [4.69, 9.17) is 0 Å². The fourth-order valence-corrected chi connectivity index (χ4v) is 2.84. The third kappa shape index (κ3) is 4.26. The smallest absolute Gasteiger partial charge is 0.255 e. The summed E-state index contributed by atoms with van der Waals surface area (Å²) in [6.45, 7) is 0. The van der Waals surface area contributed by atoms with Crippen LogP contribution in [0.15, 0.2) is 55.0 Å². The number of nitrogens with zero attached hydrogens (tertiary/aromatic N) is 2. The minimum atomic E-state index is -0.722. The van der Waals surface area contributed by atoms with E-state index in [9.17, 15) is 18.4 Å². The SMILES string of the molecule is O=C(Nc1cncc(-c2c(F)cccc2F)c1)c1ccnc(NC(=O)C2CC2)c1. The van der Waals surface area contributed by atoms with Crippen LogP contribution in [0.4, 0.5) is 20.3 Å². The Morgan fingerprint density at radius 1 is 1.00 bits per heavy atom. The number of hydrogen-bond donors (Lipinski definition) is 2. The first-order valence-electron chi connectivity index (χ1n) is 8.99. The van der Waals surface area contributed by atoms with Crippen LogP contribution in [0.25, 0.3) is 11.1 Å². The van der Waals surface area contributed by atoms with Gasteiger partial charge in [-0.1, -0.05) is 6.07 Å². The number of halogens is 2. The second-order valence-corrected chi connectivity index (χ2v) is 6.71. The molecule has 3 aromatic rings. The lowest BCUT2D eigenvalue weighted by atomic mass is 10.1. The molecule has 29 heavy (non-hydrogen) atoms. The van der Waals surface area contributed by atoms with E-state index >= 15 is 0 Å². The van der Waals surface area contributed by atoms with Gasteiger partial charge in [-0.25, -0.2) is 13.8 Å². The highest BCUT2D eigenvalue weighted by Gasteiger charge is 2.29. The molecule has 1 aliphatic carbocycles. The van der Waals surface area contributed by atoms with Crippen molar-refractivity contribution >= 4 is 23.3 Å². The van der Waals surface area contributed by atoms with Crippen LogP contribution in [0.1, 0.15) is 23.2 Å². The van der Waals surface area contributed by atoms with Crippen LogP contribution in [0.3, 0.4) is 0 Å². The first kappa shape index (κ1) is 18.7. The predicted octanol–water partition coefficient (Wildman–Crippen LogP) is 4.02. The lowest BCUT2D eigenvalue weighted by Crippen LogP contribution is -2.16. The summed E-state index contributed by atoms with van der Waals surface area (Å²) >= 11 is 0. The molecule has 1 saturated carbocycles. The molecule has 2 amide bonds. The number of carbonyl (C=O) groups is 2. The van der Waals surface area contributed by atoms with Gasteiger partial charge < -0.3 is 10.6 Å². The van der Waals surface area contributed by atoms with Gasteiger partial charge in [0.05, 0.1) is 17.4 Å². The van der Waals surface area contributed by atoms with E-state index < -0.39 is 17.5 Å². The monoisotopic (exact) mass is 394 g/mol. The van der Waals surface area contributed by atoms with Gasteiger partial charge in [-0.2, -0.15) is 0 Å². The Labute approximate surface area is 165 Å². The fourth-order valence-electron chi connectivity index (χ4n) is 2.84. The summed E-state index contributed by atoms with van der Waals surface area (Å²) < 4.78 is 28.0. The lowest BCUT2D eigenvalue weighted by Gasteiger charge is -2.09. The summed E-state index contributed by atoms with van der Waals surface area (Å²) in [4.78, 5) is 32.4. The summed E-state index contributed by atoms with van der Waals surface area (Å²) in [5.74, 6) is -1.72. The molecular formula is C21H16F2N4O2. The molecule has 6 nitrogen and oxygen atoms in total. The van der Waals surface area contributed by atoms with Crippen LogP contribution in [-0.2, 0) is 4.79 Å². The minimum absolute atomic E-state index is 0.0156. The number of hydrogen-bond acceptors (Lipinski definition) is 4. The number of benzene rings is 1. The topological polar surface area (TPSA) is 84.0 Å². The van der Waals surface area contributed by atoms with E-state index in [2.05, 4.69) is 20.6 Å². The highest BCUT2D eigenvalue weighted by Crippen LogP contribution is 2.30. The van der Waals surface area contributed by atoms with Gasteiger partial charge in [0, 0.05) is 29.4 Å². The van der Waals surface area contributed by atoms with Crippen LogP contribution in [0, 0.1) is 17.6 Å². The Kier molecular flexibility index (Phi) is 4.99. The molecule has 0 radical (unpaired) electrons. The molecule has 8 heteroatoms. The molecule has 2 aromatic heterocycles. The average Bonchev–Trinajstić information content (AvgIpc) is 3.54. The molecule has 0 bridgehead atoms. The molecular weight excluding hydrogens is 378 g/mol. The van der Waals surface area contributed by atoms with Crippen molar-refractivity contribution in [2.45, 2.75) is 12.8 Å². The zero-order chi connectivity index (χ0) is 20.4. The van der Waals surface area contributed by atoms with Gasteiger partial charge in [0.2, 0.25) is 5.91 Å². The van der Waals surface area contributed by atoms with Crippen LogP contribution in [0.2, 0.25) is 0 Å². The molecule has 1 fully saturated rings. The molecule has 1 aromatic carbocycles. The third-order valence-electron chi connectivity index (χ3n) is 4.47. The fraction of sp³-hybridized carbons (Fsp3) is 0.143. The molecule has 0 spiro atoms. The maximum atomic E-state index is 14.0. The van der Waals surface area contributed by atoms with Crippen LogP contribution in [0.5, 0.6) is 0 Å². The quantitative estimate of drug-likeness (QED) is 0.685. The average molecular weight is 394 g/mol. The van der Waals surface area contributed by atoms with E-state index in [0.29, 0.717) is 0 Å². The first-order valence-corrected chi connectivity index (χ1v) is 8.99. The molecule has 146 valence electrons. The van der Waals surface area contributed by atoms with Crippen molar-refractivity contribution in [3.63, 3.8) is 0 Å². The summed E-state index contributed by atoms with van der Waals surface area (Å²) in [6, 6.07) is 7.97. The third-order valence-corrected chi connectivity index (χ3v) is 4.47. The molecule has 0 unspecified atom stereocenters. The molecule has 2 heterocycles. The molecule has 0 aliphatic heterocycles. The van der Waals surface area contributed by atoms with Gasteiger partial charge in [0.1, 0.15) is 17.5 Å². The van der Waals surface area contributed by atoms with E-state index in [0.717, 1.165) is 25.0 Å². The number of nitrogens with one attached hydrogen (secondary N) is 2. The minimum Gasteiger partial charge on any atom is -0.321 e. The number of anilines is 2. The number of aromatic nitrogens is 2. The van der Waals surface area contributed by atoms with Crippen molar-refractivity contribution in [3.8, 4) is 11.1 Å². The maximum absolute atomic E-state index is 14.0. The maximum Gasteiger partial charge on any atom is 0.255 e. The van der Waals surface area contributed by atoms with Gasteiger partial charge in [0.25, 0.3) is 5.91 Å². The number of rotatable bonds is 5. The second-order valence-electron chi connectivity index (χ2n) is 6.71. The number of amides is 2. The molecule has 4 rings (SSSR count). The summed E-state index contributed by atoms with van der Waals surface area (Å²) in [5.41, 5.74) is 0.528. The Hall–Kier alpha value is -3.68. The van der Waals surface area contributed by atoms with Crippen molar-refractivity contribution in [1.29, 1.82) is 0 Å². The highest BCUT2D eigenvalue weighted by molar-refractivity contribution is 6.05. The van der Waals surface area contributed by atoms with Gasteiger partial charge in [-0.15, -0.1) is 0 Å². The lowest BCUT2D eigenvalue weighted by molar-refractivity contribution is -0.117. The van der Waals surface area contributed by atoms with Gasteiger partial charge in [-0.3, -0.25) is 14.6 Å². The van der Waals surface area contributed by atoms with Gasteiger partial charge in [0.15, 0.2) is 0 Å². The molecule has 0 saturated heterocycles. The van der Waals surface area contributed by atoms with Crippen LogP contribution < -0.4 is 10.6 Å². The largest absolute Gasteiger partial charge is 0.321 e. The van der Waals surface area contributed by atoms with E-state index in [1.165, 1.54) is 42.9 Å². The van der Waals surface area contributed by atoms with Crippen molar-refractivity contribution < 1.29 is 18.4 Å². The Bertz CT molecular complexity index is 1080. The summed E-state index contributed by atoms with van der Waals surface area (Å²) in [7, 11) is 0. The summed E-state index contributed by atoms with van der Waals surface area (Å²) in [6.07, 6.45) is 5.82. The van der Waals surface area contributed by atoms with Crippen molar-refractivity contribution in [2.24, 2.45) is 5.92 Å². The van der Waals surface area contributed by atoms with E-state index in [1.807, 2.05) is 0 Å². The van der Waals surface area contributed by atoms with Crippen LogP contribution >= 0.6 is 0 Å². The normalized spacial score (nSPS) is 13.0. The van der Waals surface area contributed by atoms with E-state index in [1.54, 1.807) is 0 Å². The van der Waals surface area contributed by atoms with Gasteiger partial charge >= 0.3 is 0 Å². The first-order chi connectivity index (χ1) is 14.0. The van der Waals surface area contributed by atoms with Crippen molar-refractivity contribution in [1.82, 2.24) is 9.97 Å². The van der Waals surface area contributed by atoms with Crippen LogP contribution in [-0.4, -0.2) is 21.8 Å². The van der Waals surface area contributed by atoms with Gasteiger partial charge in [-0.05, 0) is 43.2 Å². The zero-order valence-corrected chi connectivity index (χ0v) is 15.2. The predicted molar refractivity (Wildman–Crippen MR) is 103 cm³/mol. The second kappa shape index (κ2) is 7.75. The molecule has 2 N–H and O–H groups in total. The molecule has 0 atom stereocenters. The highest BCUT2D eigenvalue weighted by atomic mass is 19.1. The Morgan fingerprint density at radius 2 is 1.76 bits per heavy atom. The van der Waals surface area contributed by atoms with Crippen molar-refractivity contribution in [3.05, 3.63) is 72.2 Å². The van der Waals surface area contributed by atoms with E-state index in [-0.39, 0.29) is 40.0 Å². The summed E-state index contributed by atoms with van der Waals surface area (Å²) in [5, 5.41) is 5.32. The zero-order valence-electron chi connectivity index (χ0n) is 15.2. The number of carbonyl (C=O) groups excluding carboxylic acids is 2. The van der Waals surface area contributed by atoms with Crippen molar-refractivity contribution in [2.75, 3.05) is 10.6 Å². The molecule has 1 aliphatic rings.